The van der Waals surface area contributed by atoms with E-state index in [0.717, 1.165) is 12.1 Å². The van der Waals surface area contributed by atoms with Crippen LogP contribution < -0.4 is 10.6 Å². The fourth-order valence-electron chi connectivity index (χ4n) is 2.34. The van der Waals surface area contributed by atoms with Gasteiger partial charge in [0.1, 0.15) is 11.6 Å². The summed E-state index contributed by atoms with van der Waals surface area (Å²) in [6.45, 7) is 1.54. The largest absolute Gasteiger partial charge is 0.353 e. The first-order chi connectivity index (χ1) is 12.6. The molecule has 0 saturated carbocycles. The quantitative estimate of drug-likeness (QED) is 0.679. The van der Waals surface area contributed by atoms with E-state index in [4.69, 9.17) is 0 Å². The molecule has 134 valence electrons. The standard InChI is InChI=1S/C19H21FN6/c1-26(2)11-10-22-19-24-17(14-6-5-9-21-13-14)12-18(25-19)23-16-8-4-3-7-15(16)20/h3-9,12-13H,10-11H2,1-2H3,(H2,22,23,24,25). The number of pyridine rings is 1. The third-order valence-corrected chi connectivity index (χ3v) is 3.66. The Morgan fingerprint density at radius 1 is 1.08 bits per heavy atom. The zero-order valence-corrected chi connectivity index (χ0v) is 14.8. The molecule has 26 heavy (non-hydrogen) atoms. The summed E-state index contributed by atoms with van der Waals surface area (Å²) in [5, 5.41) is 6.23. The van der Waals surface area contributed by atoms with E-state index in [-0.39, 0.29) is 5.82 Å². The van der Waals surface area contributed by atoms with Crippen LogP contribution in [-0.2, 0) is 0 Å². The normalized spacial score (nSPS) is 10.8. The number of likely N-dealkylation sites (N-methyl/N-ethyl adjacent to an activating group) is 1. The molecule has 0 aliphatic heterocycles. The van der Waals surface area contributed by atoms with Crippen LogP contribution in [0, 0.1) is 5.82 Å². The number of anilines is 3. The number of hydrogen-bond donors (Lipinski definition) is 2. The molecule has 0 bridgehead atoms. The van der Waals surface area contributed by atoms with Gasteiger partial charge in [0.05, 0.1) is 11.4 Å². The van der Waals surface area contributed by atoms with Crippen LogP contribution in [0.4, 0.5) is 21.8 Å². The Morgan fingerprint density at radius 3 is 2.65 bits per heavy atom. The van der Waals surface area contributed by atoms with Crippen molar-refractivity contribution in [1.82, 2.24) is 19.9 Å². The number of nitrogens with zero attached hydrogens (tertiary/aromatic N) is 4. The molecule has 3 rings (SSSR count). The summed E-state index contributed by atoms with van der Waals surface area (Å²) >= 11 is 0. The first-order valence-corrected chi connectivity index (χ1v) is 8.31. The summed E-state index contributed by atoms with van der Waals surface area (Å²) in [7, 11) is 4.00. The summed E-state index contributed by atoms with van der Waals surface area (Å²) in [6.07, 6.45) is 3.44. The maximum Gasteiger partial charge on any atom is 0.225 e. The number of aromatic nitrogens is 3. The third-order valence-electron chi connectivity index (χ3n) is 3.66. The fourth-order valence-corrected chi connectivity index (χ4v) is 2.34. The van der Waals surface area contributed by atoms with Gasteiger partial charge in [-0.1, -0.05) is 12.1 Å². The molecule has 3 aromatic rings. The lowest BCUT2D eigenvalue weighted by atomic mass is 10.2. The molecule has 0 aliphatic carbocycles. The van der Waals surface area contributed by atoms with Gasteiger partial charge >= 0.3 is 0 Å². The maximum atomic E-state index is 14.0. The second kappa shape index (κ2) is 8.35. The molecular weight excluding hydrogens is 331 g/mol. The summed E-state index contributed by atoms with van der Waals surface area (Å²) < 4.78 is 14.0. The summed E-state index contributed by atoms with van der Waals surface area (Å²) in [5.41, 5.74) is 1.93. The van der Waals surface area contributed by atoms with Crippen LogP contribution in [0.2, 0.25) is 0 Å². The van der Waals surface area contributed by atoms with Gasteiger partial charge in [0.2, 0.25) is 5.95 Å². The van der Waals surface area contributed by atoms with Crippen molar-refractivity contribution in [3.05, 3.63) is 60.7 Å². The molecule has 1 aromatic carbocycles. The van der Waals surface area contributed by atoms with E-state index in [2.05, 4.69) is 30.5 Å². The second-order valence-electron chi connectivity index (χ2n) is 6.04. The molecule has 0 saturated heterocycles. The van der Waals surface area contributed by atoms with Crippen molar-refractivity contribution in [1.29, 1.82) is 0 Å². The Labute approximate surface area is 152 Å². The molecule has 2 N–H and O–H groups in total. The minimum atomic E-state index is -0.337. The number of rotatable bonds is 7. The minimum Gasteiger partial charge on any atom is -0.353 e. The van der Waals surface area contributed by atoms with E-state index >= 15 is 0 Å². The Morgan fingerprint density at radius 2 is 1.92 bits per heavy atom. The lowest BCUT2D eigenvalue weighted by Crippen LogP contribution is -2.21. The summed E-state index contributed by atoms with van der Waals surface area (Å²) in [5.74, 6) is 0.652. The predicted molar refractivity (Wildman–Crippen MR) is 102 cm³/mol. The van der Waals surface area contributed by atoms with Crippen LogP contribution in [0.25, 0.3) is 11.3 Å². The fraction of sp³-hybridized carbons (Fsp3) is 0.211. The number of nitrogens with one attached hydrogen (secondary N) is 2. The molecular formula is C19H21FN6. The highest BCUT2D eigenvalue weighted by atomic mass is 19.1. The van der Waals surface area contributed by atoms with E-state index in [1.807, 2.05) is 26.2 Å². The first-order valence-electron chi connectivity index (χ1n) is 8.31. The van der Waals surface area contributed by atoms with Crippen LogP contribution in [0.5, 0.6) is 0 Å². The number of para-hydroxylation sites is 1. The Kier molecular flexibility index (Phi) is 5.70. The average molecular weight is 352 g/mol. The van der Waals surface area contributed by atoms with E-state index in [0.29, 0.717) is 29.7 Å². The van der Waals surface area contributed by atoms with Crippen molar-refractivity contribution in [2.24, 2.45) is 0 Å². The van der Waals surface area contributed by atoms with Gasteiger partial charge in [0.25, 0.3) is 0 Å². The SMILES string of the molecule is CN(C)CCNc1nc(Nc2ccccc2F)cc(-c2cccnc2)n1. The van der Waals surface area contributed by atoms with Crippen LogP contribution in [0.3, 0.4) is 0 Å². The highest BCUT2D eigenvalue weighted by Crippen LogP contribution is 2.24. The third kappa shape index (κ3) is 4.73. The van der Waals surface area contributed by atoms with Crippen LogP contribution in [0.1, 0.15) is 0 Å². The van der Waals surface area contributed by atoms with Crippen molar-refractivity contribution in [3.63, 3.8) is 0 Å². The second-order valence-corrected chi connectivity index (χ2v) is 6.04. The molecule has 2 aromatic heterocycles. The highest BCUT2D eigenvalue weighted by molar-refractivity contribution is 5.67. The monoisotopic (exact) mass is 352 g/mol. The van der Waals surface area contributed by atoms with Crippen LogP contribution in [0.15, 0.2) is 54.9 Å². The van der Waals surface area contributed by atoms with Gasteiger partial charge in [-0.05, 0) is 38.4 Å². The Bertz CT molecular complexity index is 854. The van der Waals surface area contributed by atoms with Gasteiger partial charge in [0, 0.05) is 37.1 Å². The van der Waals surface area contributed by atoms with E-state index in [1.54, 1.807) is 36.7 Å². The van der Waals surface area contributed by atoms with Gasteiger partial charge in [-0.3, -0.25) is 4.98 Å². The average Bonchev–Trinajstić information content (AvgIpc) is 2.64. The molecule has 0 aliphatic rings. The molecule has 7 heteroatoms. The topological polar surface area (TPSA) is 66.0 Å². The number of halogens is 1. The van der Waals surface area contributed by atoms with Crippen molar-refractivity contribution in [3.8, 4) is 11.3 Å². The van der Waals surface area contributed by atoms with Crippen molar-refractivity contribution < 1.29 is 4.39 Å². The van der Waals surface area contributed by atoms with Gasteiger partial charge in [-0.2, -0.15) is 4.98 Å². The molecule has 0 spiro atoms. The Hall–Kier alpha value is -3.06. The van der Waals surface area contributed by atoms with Gasteiger partial charge in [-0.25, -0.2) is 9.37 Å². The molecule has 0 fully saturated rings. The molecule has 2 heterocycles. The number of benzene rings is 1. The van der Waals surface area contributed by atoms with Gasteiger partial charge < -0.3 is 15.5 Å². The lowest BCUT2D eigenvalue weighted by molar-refractivity contribution is 0.425. The molecule has 0 radical (unpaired) electrons. The molecule has 0 atom stereocenters. The van der Waals surface area contributed by atoms with Crippen molar-refractivity contribution in [2.75, 3.05) is 37.8 Å². The van der Waals surface area contributed by atoms with Crippen LogP contribution >= 0.6 is 0 Å². The Balaban J connectivity index is 1.90. The van der Waals surface area contributed by atoms with E-state index < -0.39 is 0 Å². The predicted octanol–water partition coefficient (Wildman–Crippen LogP) is 3.39. The zero-order valence-electron chi connectivity index (χ0n) is 14.8. The molecule has 6 nitrogen and oxygen atoms in total. The minimum absolute atomic E-state index is 0.337. The summed E-state index contributed by atoms with van der Waals surface area (Å²) in [4.78, 5) is 15.2. The highest BCUT2D eigenvalue weighted by Gasteiger charge is 2.09. The first kappa shape index (κ1) is 17.8. The van der Waals surface area contributed by atoms with E-state index in [1.165, 1.54) is 6.07 Å². The van der Waals surface area contributed by atoms with Crippen molar-refractivity contribution in [2.45, 2.75) is 0 Å². The smallest absolute Gasteiger partial charge is 0.225 e. The molecule has 0 unspecified atom stereocenters. The lowest BCUT2D eigenvalue weighted by Gasteiger charge is -2.13. The van der Waals surface area contributed by atoms with Crippen molar-refractivity contribution >= 4 is 17.5 Å². The zero-order chi connectivity index (χ0) is 18.4. The number of hydrogen-bond acceptors (Lipinski definition) is 6. The van der Waals surface area contributed by atoms with Crippen LogP contribution in [-0.4, -0.2) is 47.0 Å². The van der Waals surface area contributed by atoms with E-state index in [9.17, 15) is 4.39 Å². The van der Waals surface area contributed by atoms with Gasteiger partial charge in [-0.15, -0.1) is 0 Å². The molecule has 0 amide bonds. The van der Waals surface area contributed by atoms with Gasteiger partial charge in [0.15, 0.2) is 0 Å². The maximum absolute atomic E-state index is 14.0. The summed E-state index contributed by atoms with van der Waals surface area (Å²) in [6, 6.07) is 12.0.